The monoisotopic (exact) mass is 261 g/mol. The molecule has 84 valence electrons. The van der Waals surface area contributed by atoms with Gasteiger partial charge in [0, 0.05) is 16.0 Å². The molecule has 0 radical (unpaired) electrons. The number of phenolic OH excluding ortho intramolecular Hbond substituents is 1. The maximum atomic E-state index is 9.71. The predicted molar refractivity (Wildman–Crippen MR) is 58.1 cm³/mol. The Labute approximate surface area is 124 Å². The Balaban J connectivity index is 0.00000144. The van der Waals surface area contributed by atoms with Crippen LogP contribution in [0.1, 0.15) is 0 Å². The van der Waals surface area contributed by atoms with E-state index in [1.165, 1.54) is 6.07 Å². The summed E-state index contributed by atoms with van der Waals surface area (Å²) in [7, 11) is 0. The molecule has 3 N–H and O–H groups in total. The minimum Gasteiger partial charge on any atom is -0.691 e. The Kier molecular flexibility index (Phi) is 5.54. The SMILES string of the molecule is Nc1ccc2c(O)cc(SOO[O-])cc2c1.[Na+]. The number of hydrogen-bond acceptors (Lipinski definition) is 6. The molecule has 0 heterocycles. The van der Waals surface area contributed by atoms with E-state index >= 15 is 0 Å². The van der Waals surface area contributed by atoms with E-state index in [1.807, 2.05) is 0 Å². The third kappa shape index (κ3) is 3.49. The summed E-state index contributed by atoms with van der Waals surface area (Å²) in [5.74, 6) is 0.0921. The van der Waals surface area contributed by atoms with Gasteiger partial charge in [-0.1, -0.05) is 0 Å². The van der Waals surface area contributed by atoms with Gasteiger partial charge in [-0.05, 0) is 35.7 Å². The van der Waals surface area contributed by atoms with Gasteiger partial charge >= 0.3 is 29.6 Å². The molecule has 0 aromatic heterocycles. The molecule has 0 aliphatic heterocycles. The number of nitrogen functional groups attached to an aromatic ring is 1. The fourth-order valence-corrected chi connectivity index (χ4v) is 1.88. The largest absolute Gasteiger partial charge is 1.00 e. The first-order valence-corrected chi connectivity index (χ1v) is 5.10. The number of anilines is 1. The quantitative estimate of drug-likeness (QED) is 0.227. The Bertz CT molecular complexity index is 523. The van der Waals surface area contributed by atoms with Crippen molar-refractivity contribution < 1.29 is 49.3 Å². The summed E-state index contributed by atoms with van der Waals surface area (Å²) in [4.78, 5) is 0.548. The van der Waals surface area contributed by atoms with Gasteiger partial charge < -0.3 is 16.1 Å². The molecule has 0 atom stereocenters. The fourth-order valence-electron chi connectivity index (χ4n) is 1.44. The summed E-state index contributed by atoms with van der Waals surface area (Å²) >= 11 is 0.720. The van der Waals surface area contributed by atoms with Crippen molar-refractivity contribution in [1.82, 2.24) is 0 Å². The van der Waals surface area contributed by atoms with Gasteiger partial charge in [0.1, 0.15) is 5.75 Å². The van der Waals surface area contributed by atoms with Crippen LogP contribution >= 0.6 is 12.0 Å². The number of nitrogens with two attached hydrogens (primary N) is 1. The smallest absolute Gasteiger partial charge is 0.691 e. The van der Waals surface area contributed by atoms with Gasteiger partial charge in [0.2, 0.25) is 0 Å². The number of phenols is 1. The van der Waals surface area contributed by atoms with Crippen LogP contribution < -0.4 is 40.5 Å². The van der Waals surface area contributed by atoms with Crippen LogP contribution in [0.3, 0.4) is 0 Å². The van der Waals surface area contributed by atoms with Crippen molar-refractivity contribution in [2.75, 3.05) is 5.73 Å². The molecule has 17 heavy (non-hydrogen) atoms. The van der Waals surface area contributed by atoms with Crippen LogP contribution in [-0.4, -0.2) is 5.11 Å². The van der Waals surface area contributed by atoms with E-state index in [4.69, 9.17) is 5.73 Å². The standard InChI is InChI=1S/C10H9NO4S.Na/c11-7-1-2-9-6(3-7)4-8(5-10(9)12)16-15-14-13;/h1-5,12-13H,11H2;/q;+1/p-1. The zero-order valence-electron chi connectivity index (χ0n) is 9.04. The topological polar surface area (TPSA) is 87.8 Å². The molecule has 0 spiro atoms. The van der Waals surface area contributed by atoms with E-state index in [-0.39, 0.29) is 35.3 Å². The zero-order chi connectivity index (χ0) is 11.5. The van der Waals surface area contributed by atoms with E-state index in [1.54, 1.807) is 24.3 Å². The van der Waals surface area contributed by atoms with Crippen molar-refractivity contribution in [1.29, 1.82) is 0 Å². The first-order valence-electron chi connectivity index (χ1n) is 4.36. The molecule has 2 aromatic rings. The van der Waals surface area contributed by atoms with E-state index in [0.29, 0.717) is 16.0 Å². The van der Waals surface area contributed by atoms with E-state index in [0.717, 1.165) is 17.4 Å². The van der Waals surface area contributed by atoms with E-state index in [2.05, 4.69) is 9.37 Å². The average molecular weight is 261 g/mol. The molecule has 0 aliphatic carbocycles. The second kappa shape index (κ2) is 6.46. The molecule has 0 fully saturated rings. The molecular weight excluding hydrogens is 253 g/mol. The van der Waals surface area contributed by atoms with Crippen molar-refractivity contribution in [2.24, 2.45) is 0 Å². The molecule has 5 nitrogen and oxygen atoms in total. The van der Waals surface area contributed by atoms with Crippen molar-refractivity contribution in [3.8, 4) is 5.75 Å². The fraction of sp³-hybridized carbons (Fsp3) is 0. The second-order valence-corrected chi connectivity index (χ2v) is 3.92. The van der Waals surface area contributed by atoms with Gasteiger partial charge in [-0.3, -0.25) is 5.04 Å². The average Bonchev–Trinajstić information content (AvgIpc) is 2.25. The van der Waals surface area contributed by atoms with Crippen molar-refractivity contribution in [3.05, 3.63) is 30.3 Å². The Morgan fingerprint density at radius 2 is 2.00 bits per heavy atom. The van der Waals surface area contributed by atoms with Crippen molar-refractivity contribution in [2.45, 2.75) is 4.90 Å². The normalized spacial score (nSPS) is 10.2. The zero-order valence-corrected chi connectivity index (χ0v) is 11.9. The molecule has 0 saturated heterocycles. The molecule has 7 heteroatoms. The third-order valence-electron chi connectivity index (χ3n) is 2.09. The van der Waals surface area contributed by atoms with Gasteiger partial charge in [-0.2, -0.15) is 4.33 Å². The number of aromatic hydroxyl groups is 1. The van der Waals surface area contributed by atoms with Crippen molar-refractivity contribution >= 4 is 28.5 Å². The van der Waals surface area contributed by atoms with Gasteiger partial charge in [0.15, 0.2) is 0 Å². The maximum absolute atomic E-state index is 9.71. The number of fused-ring (bicyclic) bond motifs is 1. The van der Waals surface area contributed by atoms with Gasteiger partial charge in [0.25, 0.3) is 0 Å². The van der Waals surface area contributed by atoms with Crippen LogP contribution in [-0.2, 0) is 9.37 Å². The first-order chi connectivity index (χ1) is 7.70. The van der Waals surface area contributed by atoms with Crippen molar-refractivity contribution in [3.63, 3.8) is 0 Å². The molecular formula is C10H8NNaO4S. The summed E-state index contributed by atoms with van der Waals surface area (Å²) < 4.78 is 4.17. The van der Waals surface area contributed by atoms with Crippen LogP contribution in [0.25, 0.3) is 10.8 Å². The minimum atomic E-state index is 0. The molecule has 0 saturated carbocycles. The van der Waals surface area contributed by atoms with Gasteiger partial charge in [-0.15, -0.1) is 0 Å². The number of benzene rings is 2. The van der Waals surface area contributed by atoms with Crippen LogP contribution in [0.2, 0.25) is 0 Å². The summed E-state index contributed by atoms with van der Waals surface area (Å²) in [5, 5.41) is 24.1. The van der Waals surface area contributed by atoms with E-state index in [9.17, 15) is 10.4 Å². The number of hydrogen-bond donors (Lipinski definition) is 2. The van der Waals surface area contributed by atoms with E-state index < -0.39 is 0 Å². The summed E-state index contributed by atoms with van der Waals surface area (Å²) in [5.41, 5.74) is 6.22. The first kappa shape index (κ1) is 14.6. The number of rotatable bonds is 3. The molecule has 2 aromatic carbocycles. The van der Waals surface area contributed by atoms with Crippen LogP contribution in [0.5, 0.6) is 5.75 Å². The molecule has 0 unspecified atom stereocenters. The van der Waals surface area contributed by atoms with Crippen LogP contribution in [0.4, 0.5) is 5.69 Å². The molecule has 0 amide bonds. The Morgan fingerprint density at radius 3 is 2.71 bits per heavy atom. The summed E-state index contributed by atoms with van der Waals surface area (Å²) in [6.07, 6.45) is 0. The minimum absolute atomic E-state index is 0. The molecule has 2 rings (SSSR count). The molecule has 0 bridgehead atoms. The van der Waals surface area contributed by atoms with Crippen LogP contribution in [0.15, 0.2) is 35.2 Å². The molecule has 0 aliphatic rings. The van der Waals surface area contributed by atoms with Gasteiger partial charge in [-0.25, -0.2) is 0 Å². The Hall–Kier alpha value is -0.470. The third-order valence-corrected chi connectivity index (χ3v) is 2.64. The maximum Gasteiger partial charge on any atom is 1.00 e. The van der Waals surface area contributed by atoms with Gasteiger partial charge in [0.05, 0.1) is 12.0 Å². The predicted octanol–water partition coefficient (Wildman–Crippen LogP) is -1.64. The van der Waals surface area contributed by atoms with Crippen LogP contribution in [0, 0.1) is 0 Å². The Morgan fingerprint density at radius 1 is 1.24 bits per heavy atom. The summed E-state index contributed by atoms with van der Waals surface area (Å²) in [6, 6.07) is 8.35. The second-order valence-electron chi connectivity index (χ2n) is 3.14. The summed E-state index contributed by atoms with van der Waals surface area (Å²) in [6.45, 7) is 0.